The fourth-order valence-corrected chi connectivity index (χ4v) is 2.49. The number of carbonyl (C=O) groups is 1. The zero-order valence-electron chi connectivity index (χ0n) is 10.8. The lowest BCUT2D eigenvalue weighted by Crippen LogP contribution is -2.47. The Hall–Kier alpha value is -1.10. The molecule has 0 bridgehead atoms. The smallest absolute Gasteiger partial charge is 0.256 e. The van der Waals surface area contributed by atoms with Crippen LogP contribution in [0.5, 0.6) is 0 Å². The molecule has 3 atom stereocenters. The molecule has 4 nitrogen and oxygen atoms in total. The third kappa shape index (κ3) is 3.08. The number of hydrogen-bond donors (Lipinski definition) is 2. The van der Waals surface area contributed by atoms with Crippen molar-refractivity contribution >= 4 is 17.5 Å². The molecule has 0 aliphatic carbocycles. The number of likely N-dealkylation sites (tertiary alicyclic amines) is 1. The van der Waals surface area contributed by atoms with Gasteiger partial charge in [-0.25, -0.2) is 0 Å². The van der Waals surface area contributed by atoms with Crippen LogP contribution in [0.1, 0.15) is 25.0 Å². The third-order valence-corrected chi connectivity index (χ3v) is 4.01. The molecule has 104 valence electrons. The first-order chi connectivity index (χ1) is 9.00. The van der Waals surface area contributed by atoms with E-state index in [-0.39, 0.29) is 12.5 Å². The number of aliphatic hydroxyl groups excluding tert-OH is 2. The van der Waals surface area contributed by atoms with Crippen LogP contribution < -0.4 is 0 Å². The molecule has 1 heterocycles. The molecule has 1 aromatic carbocycles. The summed E-state index contributed by atoms with van der Waals surface area (Å²) >= 11 is 5.97. The molecule has 1 aliphatic heterocycles. The number of carbonyl (C=O) groups excluding carboxylic acids is 1. The second kappa shape index (κ2) is 5.90. The van der Waals surface area contributed by atoms with E-state index in [1.54, 1.807) is 24.3 Å². The van der Waals surface area contributed by atoms with Gasteiger partial charge in [-0.15, -0.1) is 0 Å². The second-order valence-electron chi connectivity index (χ2n) is 5.04. The Balaban J connectivity index is 2.10. The van der Waals surface area contributed by atoms with E-state index in [2.05, 4.69) is 0 Å². The quantitative estimate of drug-likeness (QED) is 0.867. The summed E-state index contributed by atoms with van der Waals surface area (Å²) in [6.07, 6.45) is -1.06. The lowest BCUT2D eigenvalue weighted by molar-refractivity contribution is -0.144. The van der Waals surface area contributed by atoms with Gasteiger partial charge in [0.05, 0.1) is 6.10 Å². The number of β-amino-alcohol motifs (C(OH)–C–C–N with tert-alkyl or cyclic N) is 1. The Bertz CT molecular complexity index is 466. The second-order valence-corrected chi connectivity index (χ2v) is 5.45. The van der Waals surface area contributed by atoms with Crippen molar-refractivity contribution in [1.82, 2.24) is 4.90 Å². The van der Waals surface area contributed by atoms with Crippen LogP contribution in [0.4, 0.5) is 0 Å². The molecular formula is C14H18ClNO3. The molecule has 2 rings (SSSR count). The molecule has 0 spiro atoms. The number of amides is 1. The highest BCUT2D eigenvalue weighted by Crippen LogP contribution is 2.26. The third-order valence-electron chi connectivity index (χ3n) is 3.66. The van der Waals surface area contributed by atoms with E-state index in [0.29, 0.717) is 17.1 Å². The van der Waals surface area contributed by atoms with Gasteiger partial charge in [0.25, 0.3) is 5.91 Å². The Morgan fingerprint density at radius 1 is 1.47 bits per heavy atom. The first-order valence-electron chi connectivity index (χ1n) is 6.40. The molecule has 19 heavy (non-hydrogen) atoms. The maximum absolute atomic E-state index is 12.2. The van der Waals surface area contributed by atoms with Gasteiger partial charge in [0.15, 0.2) is 6.10 Å². The Labute approximate surface area is 117 Å². The van der Waals surface area contributed by atoms with Crippen LogP contribution >= 0.6 is 11.6 Å². The SMILES string of the molecule is CC1CCN(C(=O)[C@H](O)c2ccccc2Cl)CC1O. The zero-order valence-corrected chi connectivity index (χ0v) is 11.5. The Morgan fingerprint density at radius 3 is 2.79 bits per heavy atom. The van der Waals surface area contributed by atoms with Gasteiger partial charge in [-0.3, -0.25) is 4.79 Å². The van der Waals surface area contributed by atoms with Gasteiger partial charge in [-0.05, 0) is 18.4 Å². The van der Waals surface area contributed by atoms with E-state index < -0.39 is 18.1 Å². The van der Waals surface area contributed by atoms with E-state index >= 15 is 0 Å². The average molecular weight is 284 g/mol. The van der Waals surface area contributed by atoms with Gasteiger partial charge in [-0.2, -0.15) is 0 Å². The Morgan fingerprint density at radius 2 is 2.16 bits per heavy atom. The highest BCUT2D eigenvalue weighted by Gasteiger charge is 2.31. The van der Waals surface area contributed by atoms with Crippen molar-refractivity contribution in [3.8, 4) is 0 Å². The van der Waals surface area contributed by atoms with Crippen LogP contribution in [-0.4, -0.2) is 40.2 Å². The molecule has 1 aliphatic rings. The lowest BCUT2D eigenvalue weighted by Gasteiger charge is -2.35. The maximum Gasteiger partial charge on any atom is 0.256 e. The van der Waals surface area contributed by atoms with Crippen LogP contribution in [0.15, 0.2) is 24.3 Å². The molecule has 2 unspecified atom stereocenters. The van der Waals surface area contributed by atoms with E-state index in [9.17, 15) is 15.0 Å². The molecule has 1 aromatic rings. The minimum Gasteiger partial charge on any atom is -0.391 e. The fourth-order valence-electron chi connectivity index (χ4n) is 2.25. The summed E-state index contributed by atoms with van der Waals surface area (Å²) in [7, 11) is 0. The van der Waals surface area contributed by atoms with Crippen molar-refractivity contribution < 1.29 is 15.0 Å². The topological polar surface area (TPSA) is 60.8 Å². The molecule has 1 amide bonds. The van der Waals surface area contributed by atoms with Crippen molar-refractivity contribution in [2.24, 2.45) is 5.92 Å². The van der Waals surface area contributed by atoms with Gasteiger partial charge in [0.2, 0.25) is 0 Å². The van der Waals surface area contributed by atoms with E-state index in [4.69, 9.17) is 11.6 Å². The summed E-state index contributed by atoms with van der Waals surface area (Å²) in [5.41, 5.74) is 0.405. The minimum absolute atomic E-state index is 0.182. The van der Waals surface area contributed by atoms with Crippen LogP contribution in [-0.2, 0) is 4.79 Å². The monoisotopic (exact) mass is 283 g/mol. The number of benzene rings is 1. The summed E-state index contributed by atoms with van der Waals surface area (Å²) in [4.78, 5) is 13.7. The number of nitrogens with zero attached hydrogens (tertiary/aromatic N) is 1. The fraction of sp³-hybridized carbons (Fsp3) is 0.500. The van der Waals surface area contributed by atoms with Gasteiger partial charge >= 0.3 is 0 Å². The molecule has 0 radical (unpaired) electrons. The predicted octanol–water partition coefficient (Wildman–Crippen LogP) is 1.60. The van der Waals surface area contributed by atoms with Crippen molar-refractivity contribution in [1.29, 1.82) is 0 Å². The largest absolute Gasteiger partial charge is 0.391 e. The standard InChI is InChI=1S/C14H18ClNO3/c1-9-6-7-16(8-12(9)17)14(19)13(18)10-4-2-3-5-11(10)15/h2-5,9,12-13,17-18H,6-8H2,1H3/t9?,12?,13-/m1/s1. The first kappa shape index (κ1) is 14.3. The normalized spacial score (nSPS) is 25.2. The lowest BCUT2D eigenvalue weighted by atomic mass is 9.95. The summed E-state index contributed by atoms with van der Waals surface area (Å²) in [6, 6.07) is 6.74. The predicted molar refractivity (Wildman–Crippen MR) is 72.8 cm³/mol. The van der Waals surface area contributed by atoms with Crippen LogP contribution in [0, 0.1) is 5.92 Å². The van der Waals surface area contributed by atoms with Gasteiger partial charge in [-0.1, -0.05) is 36.7 Å². The minimum atomic E-state index is -1.27. The number of aliphatic hydroxyl groups is 2. The van der Waals surface area contributed by atoms with E-state index in [1.165, 1.54) is 4.90 Å². The first-order valence-corrected chi connectivity index (χ1v) is 6.78. The summed E-state index contributed by atoms with van der Waals surface area (Å²) in [5.74, 6) is -0.222. The highest BCUT2D eigenvalue weighted by atomic mass is 35.5. The molecule has 2 N–H and O–H groups in total. The average Bonchev–Trinajstić information content (AvgIpc) is 2.41. The molecule has 0 saturated carbocycles. The highest BCUT2D eigenvalue weighted by molar-refractivity contribution is 6.31. The molecule has 1 fully saturated rings. The number of halogens is 1. The van der Waals surface area contributed by atoms with Crippen molar-refractivity contribution in [2.75, 3.05) is 13.1 Å². The van der Waals surface area contributed by atoms with Crippen LogP contribution in [0.3, 0.4) is 0 Å². The molecule has 1 saturated heterocycles. The molecule has 5 heteroatoms. The maximum atomic E-state index is 12.2. The van der Waals surface area contributed by atoms with E-state index in [0.717, 1.165) is 6.42 Å². The summed E-state index contributed by atoms with van der Waals surface area (Å²) in [6.45, 7) is 2.77. The summed E-state index contributed by atoms with van der Waals surface area (Å²) < 4.78 is 0. The number of hydrogen-bond acceptors (Lipinski definition) is 3. The van der Waals surface area contributed by atoms with Crippen LogP contribution in [0.2, 0.25) is 5.02 Å². The number of piperidine rings is 1. The van der Waals surface area contributed by atoms with Gasteiger partial charge in [0, 0.05) is 23.7 Å². The van der Waals surface area contributed by atoms with Gasteiger partial charge < -0.3 is 15.1 Å². The van der Waals surface area contributed by atoms with Crippen LogP contribution in [0.25, 0.3) is 0 Å². The number of rotatable bonds is 2. The molecule has 0 aromatic heterocycles. The van der Waals surface area contributed by atoms with Crippen molar-refractivity contribution in [3.63, 3.8) is 0 Å². The van der Waals surface area contributed by atoms with E-state index in [1.807, 2.05) is 6.92 Å². The summed E-state index contributed by atoms with van der Waals surface area (Å²) in [5, 5.41) is 20.3. The zero-order chi connectivity index (χ0) is 14.0. The molecular weight excluding hydrogens is 266 g/mol. The Kier molecular flexibility index (Phi) is 4.45. The van der Waals surface area contributed by atoms with Gasteiger partial charge in [0.1, 0.15) is 0 Å². The van der Waals surface area contributed by atoms with Crippen molar-refractivity contribution in [2.45, 2.75) is 25.6 Å². The van der Waals surface area contributed by atoms with Crippen molar-refractivity contribution in [3.05, 3.63) is 34.9 Å².